The van der Waals surface area contributed by atoms with Gasteiger partial charge in [0.2, 0.25) is 0 Å². The van der Waals surface area contributed by atoms with Crippen molar-refractivity contribution in [2.24, 2.45) is 5.92 Å². The summed E-state index contributed by atoms with van der Waals surface area (Å²) in [7, 11) is 0. The molecule has 1 aromatic rings. The van der Waals surface area contributed by atoms with Crippen molar-refractivity contribution >= 4 is 11.9 Å². The van der Waals surface area contributed by atoms with Gasteiger partial charge in [-0.05, 0) is 31.0 Å². The number of benzene rings is 1. The van der Waals surface area contributed by atoms with Gasteiger partial charge in [0.25, 0.3) is 5.91 Å². The first kappa shape index (κ1) is 14.0. The Balaban J connectivity index is 2.65. The van der Waals surface area contributed by atoms with Crippen LogP contribution in [0.25, 0.3) is 0 Å². The predicted octanol–water partition coefficient (Wildman–Crippen LogP) is 1.54. The van der Waals surface area contributed by atoms with Gasteiger partial charge in [0.1, 0.15) is 5.75 Å². The van der Waals surface area contributed by atoms with E-state index < -0.39 is 11.9 Å². The zero-order valence-corrected chi connectivity index (χ0v) is 10.4. The highest BCUT2D eigenvalue weighted by Crippen LogP contribution is 2.17. The summed E-state index contributed by atoms with van der Waals surface area (Å²) in [5.74, 6) is -1.85. The number of rotatable bonds is 5. The lowest BCUT2D eigenvalue weighted by Crippen LogP contribution is -2.32. The molecule has 0 saturated carbocycles. The Hall–Kier alpha value is -2.04. The first-order chi connectivity index (χ1) is 8.45. The summed E-state index contributed by atoms with van der Waals surface area (Å²) < 4.78 is 0. The molecule has 0 spiro atoms. The van der Waals surface area contributed by atoms with Gasteiger partial charge >= 0.3 is 5.97 Å². The molecule has 0 saturated heterocycles. The molecule has 1 rings (SSSR count). The number of amides is 1. The van der Waals surface area contributed by atoms with Crippen molar-refractivity contribution in [3.8, 4) is 5.75 Å². The summed E-state index contributed by atoms with van der Waals surface area (Å²) in [6.07, 6.45) is 0.453. The van der Waals surface area contributed by atoms with E-state index in [0.29, 0.717) is 17.5 Å². The second-order valence-corrected chi connectivity index (χ2v) is 4.15. The Morgan fingerprint density at radius 1 is 1.39 bits per heavy atom. The number of aryl methyl sites for hydroxylation is 1. The number of carboxylic acids is 1. The number of hydrogen-bond acceptors (Lipinski definition) is 3. The molecule has 1 aromatic carbocycles. The summed E-state index contributed by atoms with van der Waals surface area (Å²) in [6, 6.07) is 4.59. The maximum atomic E-state index is 11.7. The molecule has 98 valence electrons. The molecule has 0 bridgehead atoms. The van der Waals surface area contributed by atoms with Gasteiger partial charge in [0, 0.05) is 12.1 Å². The Labute approximate surface area is 105 Å². The molecule has 0 aliphatic carbocycles. The molecule has 3 N–H and O–H groups in total. The third-order valence-corrected chi connectivity index (χ3v) is 2.82. The molecule has 5 heteroatoms. The fourth-order valence-corrected chi connectivity index (χ4v) is 1.47. The molecular weight excluding hydrogens is 234 g/mol. The smallest absolute Gasteiger partial charge is 0.308 e. The normalized spacial score (nSPS) is 11.9. The van der Waals surface area contributed by atoms with Gasteiger partial charge in [-0.2, -0.15) is 0 Å². The van der Waals surface area contributed by atoms with Gasteiger partial charge in [-0.15, -0.1) is 0 Å². The SMILES string of the molecule is CCC(CNC(=O)c1ccc(C)c(O)c1)C(=O)O. The quantitative estimate of drug-likeness (QED) is 0.740. The van der Waals surface area contributed by atoms with Crippen LogP contribution in [0.1, 0.15) is 29.3 Å². The second-order valence-electron chi connectivity index (χ2n) is 4.15. The van der Waals surface area contributed by atoms with Crippen molar-refractivity contribution in [1.82, 2.24) is 5.32 Å². The summed E-state index contributed by atoms with van der Waals surface area (Å²) in [4.78, 5) is 22.5. The van der Waals surface area contributed by atoms with E-state index in [-0.39, 0.29) is 18.2 Å². The number of carbonyl (C=O) groups is 2. The fraction of sp³-hybridized carbons (Fsp3) is 0.385. The number of aromatic hydroxyl groups is 1. The Morgan fingerprint density at radius 2 is 2.06 bits per heavy atom. The van der Waals surface area contributed by atoms with Crippen molar-refractivity contribution in [3.63, 3.8) is 0 Å². The number of phenols is 1. The highest BCUT2D eigenvalue weighted by molar-refractivity contribution is 5.94. The van der Waals surface area contributed by atoms with Crippen LogP contribution in [-0.4, -0.2) is 28.6 Å². The molecule has 0 aromatic heterocycles. The molecule has 0 aliphatic rings. The average Bonchev–Trinajstić information content (AvgIpc) is 2.32. The zero-order chi connectivity index (χ0) is 13.7. The van der Waals surface area contributed by atoms with Crippen LogP contribution in [0.5, 0.6) is 5.75 Å². The highest BCUT2D eigenvalue weighted by atomic mass is 16.4. The van der Waals surface area contributed by atoms with Crippen LogP contribution in [0.3, 0.4) is 0 Å². The van der Waals surface area contributed by atoms with Gasteiger partial charge in [-0.1, -0.05) is 13.0 Å². The van der Waals surface area contributed by atoms with Crippen LogP contribution in [0, 0.1) is 12.8 Å². The third-order valence-electron chi connectivity index (χ3n) is 2.82. The van der Waals surface area contributed by atoms with Crippen molar-refractivity contribution in [2.45, 2.75) is 20.3 Å². The van der Waals surface area contributed by atoms with E-state index in [1.54, 1.807) is 26.0 Å². The van der Waals surface area contributed by atoms with Crippen LogP contribution in [0.15, 0.2) is 18.2 Å². The Morgan fingerprint density at radius 3 is 2.56 bits per heavy atom. The van der Waals surface area contributed by atoms with Gasteiger partial charge in [0.05, 0.1) is 5.92 Å². The van der Waals surface area contributed by atoms with E-state index >= 15 is 0 Å². The van der Waals surface area contributed by atoms with Crippen molar-refractivity contribution in [1.29, 1.82) is 0 Å². The van der Waals surface area contributed by atoms with Crippen molar-refractivity contribution in [3.05, 3.63) is 29.3 Å². The first-order valence-electron chi connectivity index (χ1n) is 5.76. The Bertz CT molecular complexity index is 456. The Kier molecular flexibility index (Phi) is 4.71. The first-order valence-corrected chi connectivity index (χ1v) is 5.76. The number of carboxylic acid groups (broad SMARTS) is 1. The minimum atomic E-state index is -0.926. The maximum Gasteiger partial charge on any atom is 0.308 e. The van der Waals surface area contributed by atoms with Gasteiger partial charge in [0.15, 0.2) is 0 Å². The molecule has 0 heterocycles. The maximum absolute atomic E-state index is 11.7. The van der Waals surface area contributed by atoms with Crippen LogP contribution < -0.4 is 5.32 Å². The molecule has 5 nitrogen and oxygen atoms in total. The second kappa shape index (κ2) is 6.05. The van der Waals surface area contributed by atoms with E-state index in [1.165, 1.54) is 6.07 Å². The number of nitrogens with one attached hydrogen (secondary N) is 1. The van der Waals surface area contributed by atoms with E-state index in [0.717, 1.165) is 0 Å². The molecule has 1 atom stereocenters. The zero-order valence-electron chi connectivity index (χ0n) is 10.4. The summed E-state index contributed by atoms with van der Waals surface area (Å²) in [6.45, 7) is 3.57. The monoisotopic (exact) mass is 251 g/mol. The van der Waals surface area contributed by atoms with E-state index in [1.807, 2.05) is 0 Å². The number of aliphatic carboxylic acids is 1. The van der Waals surface area contributed by atoms with E-state index in [2.05, 4.69) is 5.32 Å². The lowest BCUT2D eigenvalue weighted by Gasteiger charge is -2.11. The number of hydrogen-bond donors (Lipinski definition) is 3. The standard InChI is InChI=1S/C13H17NO4/c1-3-9(13(17)18)7-14-12(16)10-5-4-8(2)11(15)6-10/h4-6,9,15H,3,7H2,1-2H3,(H,14,16)(H,17,18). The lowest BCUT2D eigenvalue weighted by molar-refractivity contribution is -0.141. The highest BCUT2D eigenvalue weighted by Gasteiger charge is 2.16. The minimum absolute atomic E-state index is 0.0490. The fourth-order valence-electron chi connectivity index (χ4n) is 1.47. The molecule has 0 aliphatic heterocycles. The molecule has 18 heavy (non-hydrogen) atoms. The van der Waals surface area contributed by atoms with Crippen molar-refractivity contribution < 1.29 is 19.8 Å². The average molecular weight is 251 g/mol. The van der Waals surface area contributed by atoms with Gasteiger partial charge in [-0.3, -0.25) is 9.59 Å². The number of carbonyl (C=O) groups excluding carboxylic acids is 1. The van der Waals surface area contributed by atoms with Crippen LogP contribution in [0.4, 0.5) is 0 Å². The largest absolute Gasteiger partial charge is 0.508 e. The molecule has 0 fully saturated rings. The third kappa shape index (κ3) is 3.48. The van der Waals surface area contributed by atoms with Gasteiger partial charge < -0.3 is 15.5 Å². The summed E-state index contributed by atoms with van der Waals surface area (Å²) in [5.41, 5.74) is 1.00. The molecule has 1 unspecified atom stereocenters. The number of phenolic OH excluding ortho intramolecular Hbond substituents is 1. The minimum Gasteiger partial charge on any atom is -0.508 e. The molecule has 0 radical (unpaired) electrons. The van der Waals surface area contributed by atoms with Crippen LogP contribution >= 0.6 is 0 Å². The van der Waals surface area contributed by atoms with Crippen LogP contribution in [0.2, 0.25) is 0 Å². The van der Waals surface area contributed by atoms with Gasteiger partial charge in [-0.25, -0.2) is 0 Å². The summed E-state index contributed by atoms with van der Waals surface area (Å²) >= 11 is 0. The molecular formula is C13H17NO4. The predicted molar refractivity (Wildman–Crippen MR) is 66.6 cm³/mol. The topological polar surface area (TPSA) is 86.6 Å². The summed E-state index contributed by atoms with van der Waals surface area (Å²) in [5, 5.41) is 20.9. The van der Waals surface area contributed by atoms with E-state index in [4.69, 9.17) is 5.11 Å². The lowest BCUT2D eigenvalue weighted by atomic mass is 10.1. The van der Waals surface area contributed by atoms with Crippen molar-refractivity contribution in [2.75, 3.05) is 6.54 Å². The van der Waals surface area contributed by atoms with E-state index in [9.17, 15) is 14.7 Å². The van der Waals surface area contributed by atoms with Crippen LogP contribution in [-0.2, 0) is 4.79 Å². The molecule has 1 amide bonds.